The van der Waals surface area contributed by atoms with E-state index in [9.17, 15) is 20.1 Å². The highest BCUT2D eigenvalue weighted by Crippen LogP contribution is 2.45. The summed E-state index contributed by atoms with van der Waals surface area (Å²) in [6.07, 6.45) is 2.80. The monoisotopic (exact) mass is 492 g/mol. The van der Waals surface area contributed by atoms with Gasteiger partial charge in [0, 0.05) is 17.7 Å². The second-order valence-electron chi connectivity index (χ2n) is 10.5. The van der Waals surface area contributed by atoms with Crippen LogP contribution < -0.4 is 5.73 Å². The highest BCUT2D eigenvalue weighted by atomic mass is 32.1. The molecule has 1 aromatic heterocycles. The number of aliphatic hydroxyl groups excluding tert-OH is 3. The summed E-state index contributed by atoms with van der Waals surface area (Å²) in [4.78, 5) is 17.6. The molecule has 0 aromatic carbocycles. The summed E-state index contributed by atoms with van der Waals surface area (Å²) < 4.78 is 6.01. The maximum Gasteiger partial charge on any atom is 0.157 e. The van der Waals surface area contributed by atoms with Crippen LogP contribution >= 0.6 is 11.3 Å². The van der Waals surface area contributed by atoms with Crippen molar-refractivity contribution in [3.63, 3.8) is 0 Å². The fourth-order valence-electron chi connectivity index (χ4n) is 5.50. The average Bonchev–Trinajstić information content (AvgIpc) is 3.17. The number of Topliss-reactive ketones (excluding diaryl/α,β-unsaturated/α-hetero) is 1. The minimum absolute atomic E-state index is 0.0886. The third-order valence-corrected chi connectivity index (χ3v) is 8.35. The van der Waals surface area contributed by atoms with Crippen LogP contribution in [0.4, 0.5) is 0 Å². The van der Waals surface area contributed by atoms with E-state index in [2.05, 4.69) is 4.98 Å². The molecule has 0 spiro atoms. The molecule has 1 saturated carbocycles. The molecule has 1 fully saturated rings. The number of ether oxygens (including phenoxy) is 1. The Morgan fingerprint density at radius 3 is 2.68 bits per heavy atom. The third kappa shape index (κ3) is 6.04. The first-order valence-corrected chi connectivity index (χ1v) is 13.1. The molecule has 5 N–H and O–H groups in total. The Balaban J connectivity index is 1.92. The molecule has 2 aliphatic rings. The Kier molecular flexibility index (Phi) is 8.87. The predicted molar refractivity (Wildman–Crippen MR) is 134 cm³/mol. The first-order chi connectivity index (χ1) is 15.9. The van der Waals surface area contributed by atoms with Gasteiger partial charge in [-0.25, -0.2) is 4.98 Å². The summed E-state index contributed by atoms with van der Waals surface area (Å²) in [6, 6.07) is -0.506. The van der Waals surface area contributed by atoms with E-state index in [1.807, 2.05) is 38.3 Å². The van der Waals surface area contributed by atoms with Crippen LogP contribution in [0, 0.1) is 24.2 Å². The lowest BCUT2D eigenvalue weighted by Crippen LogP contribution is -2.54. The lowest BCUT2D eigenvalue weighted by atomic mass is 9.60. The number of fused-ring (bicyclic) bond motifs is 2. The molecule has 3 rings (SSSR count). The largest absolute Gasteiger partial charge is 0.392 e. The third-order valence-electron chi connectivity index (χ3n) is 7.56. The molecule has 7 nitrogen and oxygen atoms in total. The van der Waals surface area contributed by atoms with Crippen molar-refractivity contribution in [3.05, 3.63) is 33.3 Å². The summed E-state index contributed by atoms with van der Waals surface area (Å²) in [5.41, 5.74) is 8.22. The second kappa shape index (κ2) is 11.1. The average molecular weight is 493 g/mol. The molecule has 190 valence electrons. The number of nitrogens with zero attached hydrogens (tertiary/aromatic N) is 1. The van der Waals surface area contributed by atoms with E-state index in [0.717, 1.165) is 41.1 Å². The molecule has 2 bridgehead atoms. The van der Waals surface area contributed by atoms with Gasteiger partial charge in [-0.2, -0.15) is 0 Å². The van der Waals surface area contributed by atoms with Gasteiger partial charge in [0.2, 0.25) is 0 Å². The Morgan fingerprint density at radius 1 is 1.32 bits per heavy atom. The van der Waals surface area contributed by atoms with Crippen molar-refractivity contribution in [1.29, 1.82) is 0 Å². The number of allylic oxidation sites excluding steroid dienone is 1. The zero-order chi connectivity index (χ0) is 25.2. The van der Waals surface area contributed by atoms with Crippen LogP contribution in [-0.2, 0) is 9.53 Å². The smallest absolute Gasteiger partial charge is 0.157 e. The number of aromatic nitrogens is 1. The minimum Gasteiger partial charge on any atom is -0.392 e. The van der Waals surface area contributed by atoms with E-state index in [4.69, 9.17) is 10.5 Å². The van der Waals surface area contributed by atoms with Gasteiger partial charge in [-0.3, -0.25) is 4.79 Å². The van der Waals surface area contributed by atoms with Crippen molar-refractivity contribution < 1.29 is 24.9 Å². The van der Waals surface area contributed by atoms with E-state index in [0.29, 0.717) is 6.42 Å². The lowest BCUT2D eigenvalue weighted by molar-refractivity contribution is -0.173. The highest BCUT2D eigenvalue weighted by Gasteiger charge is 2.51. The molecule has 0 saturated heterocycles. The number of rotatable bonds is 2. The minimum atomic E-state index is -1.31. The van der Waals surface area contributed by atoms with Crippen molar-refractivity contribution >= 4 is 23.2 Å². The van der Waals surface area contributed by atoms with Crippen LogP contribution in [0.3, 0.4) is 0 Å². The fourth-order valence-corrected chi connectivity index (χ4v) is 6.07. The molecular formula is C26H40N2O5S. The van der Waals surface area contributed by atoms with Crippen molar-refractivity contribution in [2.45, 2.75) is 97.4 Å². The number of aliphatic hydroxyl groups is 3. The van der Waals surface area contributed by atoms with Crippen molar-refractivity contribution in [1.82, 2.24) is 4.98 Å². The van der Waals surface area contributed by atoms with E-state index in [1.165, 1.54) is 0 Å². The Morgan fingerprint density at radius 2 is 2.03 bits per heavy atom. The molecule has 2 heterocycles. The number of carbonyl (C=O) groups is 1. The summed E-state index contributed by atoms with van der Waals surface area (Å²) in [5.74, 6) is -0.814. The van der Waals surface area contributed by atoms with Gasteiger partial charge >= 0.3 is 0 Å². The second-order valence-corrected chi connectivity index (χ2v) is 11.5. The van der Waals surface area contributed by atoms with Gasteiger partial charge in [-0.1, -0.05) is 25.5 Å². The number of thiazole rings is 1. The number of ketones is 1. The predicted octanol–water partition coefficient (Wildman–Crippen LogP) is 3.36. The zero-order valence-electron chi connectivity index (χ0n) is 20.9. The van der Waals surface area contributed by atoms with Crippen LogP contribution in [0.2, 0.25) is 0 Å². The molecule has 1 aromatic rings. The molecule has 8 atom stereocenters. The van der Waals surface area contributed by atoms with Gasteiger partial charge in [-0.15, -0.1) is 11.3 Å². The van der Waals surface area contributed by atoms with Gasteiger partial charge < -0.3 is 25.8 Å². The number of nitrogens with two attached hydrogens (primary N) is 1. The number of aryl methyl sites for hydroxylation is 1. The number of hydrogen-bond acceptors (Lipinski definition) is 8. The molecule has 2 unspecified atom stereocenters. The summed E-state index contributed by atoms with van der Waals surface area (Å²) >= 11 is 1.55. The van der Waals surface area contributed by atoms with Crippen LogP contribution in [0.1, 0.15) is 70.5 Å². The van der Waals surface area contributed by atoms with Crippen LogP contribution in [0.25, 0.3) is 6.08 Å². The zero-order valence-corrected chi connectivity index (χ0v) is 21.7. The van der Waals surface area contributed by atoms with Crippen molar-refractivity contribution in [2.24, 2.45) is 23.0 Å². The normalized spacial score (nSPS) is 40.4. The molecule has 0 radical (unpaired) electrons. The highest BCUT2D eigenvalue weighted by molar-refractivity contribution is 7.09. The standard InChI is InChI=1S/C26H40N2O5S/c1-14-7-6-8-18-12-26(5,25(32)16(3)23(18)31)21(29)11-22(30)33-24(20(27)9-14)15(2)10-19-13-34-17(4)28-19/h9-10,13,16,18,20-24,29-31H,6-8,11-12,27H2,1-5H3/b14-9-,15-10+/t16-,18-,20?,21+,22?,23-,24-,26+/m1/s1. The number of carbonyl (C=O) groups excluding carboxylic acids is 1. The molecule has 1 aliphatic heterocycles. The summed E-state index contributed by atoms with van der Waals surface area (Å²) in [7, 11) is 0. The van der Waals surface area contributed by atoms with E-state index >= 15 is 0 Å². The maximum atomic E-state index is 13.1. The lowest BCUT2D eigenvalue weighted by Gasteiger charge is -2.46. The van der Waals surface area contributed by atoms with E-state index in [-0.39, 0.29) is 18.1 Å². The first kappa shape index (κ1) is 27.2. The van der Waals surface area contributed by atoms with Gasteiger partial charge in [-0.05, 0) is 64.0 Å². The summed E-state index contributed by atoms with van der Waals surface area (Å²) in [5, 5.41) is 35.5. The quantitative estimate of drug-likeness (QED) is 0.466. The van der Waals surface area contributed by atoms with Crippen LogP contribution in [0.5, 0.6) is 0 Å². The molecule has 8 heteroatoms. The van der Waals surface area contributed by atoms with Gasteiger partial charge in [0.15, 0.2) is 6.29 Å². The van der Waals surface area contributed by atoms with Crippen molar-refractivity contribution in [3.8, 4) is 0 Å². The summed E-state index contributed by atoms with van der Waals surface area (Å²) in [6.45, 7) is 9.34. The molecule has 34 heavy (non-hydrogen) atoms. The fraction of sp³-hybridized carbons (Fsp3) is 0.692. The Labute approximate surface area is 206 Å². The van der Waals surface area contributed by atoms with E-state index in [1.54, 1.807) is 25.2 Å². The molecule has 0 amide bonds. The van der Waals surface area contributed by atoms with Crippen LogP contribution in [-0.4, -0.2) is 56.7 Å². The maximum absolute atomic E-state index is 13.1. The van der Waals surface area contributed by atoms with Crippen molar-refractivity contribution in [2.75, 3.05) is 0 Å². The Hall–Kier alpha value is -1.42. The van der Waals surface area contributed by atoms with Gasteiger partial charge in [0.05, 0.1) is 34.4 Å². The van der Waals surface area contributed by atoms with Gasteiger partial charge in [0.25, 0.3) is 0 Å². The molecule has 1 aliphatic carbocycles. The topological polar surface area (TPSA) is 126 Å². The van der Waals surface area contributed by atoms with Gasteiger partial charge in [0.1, 0.15) is 11.9 Å². The SMILES string of the molecule is C/C1=C/C(N)[C@@H](/C(C)=C/c2csc(C)n2)OC(O)C[C@H](O)[C@]2(C)C[C@@H](CCC1)[C@H](O)[C@@H](C)C2=O. The number of hydrogen-bond donors (Lipinski definition) is 4. The van der Waals surface area contributed by atoms with Crippen LogP contribution in [0.15, 0.2) is 22.6 Å². The van der Waals surface area contributed by atoms with E-state index < -0.39 is 42.0 Å². The first-order valence-electron chi connectivity index (χ1n) is 12.2. The molecular weight excluding hydrogens is 452 g/mol. The Bertz CT molecular complexity index is 928.